The molecule has 3 aromatic rings. The third kappa shape index (κ3) is 5.10. The fourth-order valence-electron chi connectivity index (χ4n) is 3.04. The van der Waals surface area contributed by atoms with Gasteiger partial charge < -0.3 is 10.1 Å². The smallest absolute Gasteiger partial charge is 0.328 e. The lowest BCUT2D eigenvalue weighted by Crippen LogP contribution is -2.27. The molecule has 9 nitrogen and oxygen atoms in total. The Kier molecular flexibility index (Phi) is 6.39. The van der Waals surface area contributed by atoms with E-state index in [2.05, 4.69) is 10.4 Å². The highest BCUT2D eigenvalue weighted by molar-refractivity contribution is 5.96. The van der Waals surface area contributed by atoms with Gasteiger partial charge in [0.1, 0.15) is 23.7 Å². The highest BCUT2D eigenvalue weighted by Crippen LogP contribution is 2.23. The molecule has 0 radical (unpaired) electrons. The summed E-state index contributed by atoms with van der Waals surface area (Å²) in [5, 5.41) is 17.7. The Hall–Kier alpha value is -4.08. The zero-order valence-electron chi connectivity index (χ0n) is 16.7. The zero-order chi connectivity index (χ0) is 22.5. The molecule has 2 aromatic carbocycles. The van der Waals surface area contributed by atoms with E-state index in [0.29, 0.717) is 11.3 Å². The van der Waals surface area contributed by atoms with E-state index in [-0.39, 0.29) is 17.1 Å². The van der Waals surface area contributed by atoms with Gasteiger partial charge in [0.15, 0.2) is 0 Å². The molecule has 160 valence electrons. The van der Waals surface area contributed by atoms with Gasteiger partial charge in [0.25, 0.3) is 5.91 Å². The molecule has 1 unspecified atom stereocenters. The third-order valence-corrected chi connectivity index (χ3v) is 4.51. The van der Waals surface area contributed by atoms with Crippen LogP contribution in [0.1, 0.15) is 23.1 Å². The van der Waals surface area contributed by atoms with Crippen LogP contribution in [0.2, 0.25) is 0 Å². The van der Waals surface area contributed by atoms with E-state index in [1.54, 1.807) is 30.3 Å². The number of halogens is 1. The van der Waals surface area contributed by atoms with Crippen LogP contribution >= 0.6 is 0 Å². The standard InChI is InChI=1S/C21H19FN4O5/c1-13-19(26(29)30)14(2)25(24-13)12-18(27)31-20(15-6-4-3-5-7-15)21(28)23-17-10-8-16(22)9-11-17/h3-11,20H,12H2,1-2H3,(H,23,28). The number of nitrogens with one attached hydrogen (secondary N) is 1. The van der Waals surface area contributed by atoms with Gasteiger partial charge >= 0.3 is 11.7 Å². The maximum atomic E-state index is 13.1. The molecule has 1 N–H and O–H groups in total. The van der Waals surface area contributed by atoms with E-state index in [9.17, 15) is 24.1 Å². The number of aromatic nitrogens is 2. The minimum Gasteiger partial charge on any atom is -0.446 e. The molecule has 0 saturated carbocycles. The van der Waals surface area contributed by atoms with Crippen molar-refractivity contribution in [3.8, 4) is 0 Å². The molecule has 1 amide bonds. The first-order valence-electron chi connectivity index (χ1n) is 9.25. The van der Waals surface area contributed by atoms with Gasteiger partial charge in [0.05, 0.1) is 4.92 Å². The second-order valence-electron chi connectivity index (χ2n) is 6.71. The second kappa shape index (κ2) is 9.16. The lowest BCUT2D eigenvalue weighted by molar-refractivity contribution is -0.386. The topological polar surface area (TPSA) is 116 Å². The lowest BCUT2D eigenvalue weighted by atomic mass is 10.1. The molecule has 1 aromatic heterocycles. The summed E-state index contributed by atoms with van der Waals surface area (Å²) >= 11 is 0. The fourth-order valence-corrected chi connectivity index (χ4v) is 3.04. The molecule has 31 heavy (non-hydrogen) atoms. The normalized spacial score (nSPS) is 11.6. The van der Waals surface area contributed by atoms with Gasteiger partial charge in [0, 0.05) is 11.3 Å². The van der Waals surface area contributed by atoms with Crippen molar-refractivity contribution < 1.29 is 23.6 Å². The molecule has 0 spiro atoms. The van der Waals surface area contributed by atoms with Crippen LogP contribution in [0.5, 0.6) is 0 Å². The lowest BCUT2D eigenvalue weighted by Gasteiger charge is -2.18. The number of carbonyl (C=O) groups is 2. The van der Waals surface area contributed by atoms with Crippen molar-refractivity contribution in [2.24, 2.45) is 0 Å². The first kappa shape index (κ1) is 21.6. The summed E-state index contributed by atoms with van der Waals surface area (Å²) in [7, 11) is 0. The average Bonchev–Trinajstić information content (AvgIpc) is 3.01. The van der Waals surface area contributed by atoms with E-state index in [4.69, 9.17) is 4.74 Å². The Morgan fingerprint density at radius 3 is 2.39 bits per heavy atom. The van der Waals surface area contributed by atoms with Crippen LogP contribution in [0.3, 0.4) is 0 Å². The van der Waals surface area contributed by atoms with Gasteiger partial charge in [-0.05, 0) is 38.1 Å². The van der Waals surface area contributed by atoms with Crippen molar-refractivity contribution in [1.82, 2.24) is 9.78 Å². The number of nitrogens with zero attached hydrogens (tertiary/aromatic N) is 3. The van der Waals surface area contributed by atoms with Gasteiger partial charge in [-0.15, -0.1) is 0 Å². The quantitative estimate of drug-likeness (QED) is 0.351. The molecular formula is C21H19FN4O5. The predicted molar refractivity (Wildman–Crippen MR) is 109 cm³/mol. The van der Waals surface area contributed by atoms with E-state index >= 15 is 0 Å². The van der Waals surface area contributed by atoms with Crippen LogP contribution in [0.25, 0.3) is 0 Å². The van der Waals surface area contributed by atoms with E-state index in [1.807, 2.05) is 0 Å². The van der Waals surface area contributed by atoms with E-state index in [1.165, 1.54) is 38.1 Å². The van der Waals surface area contributed by atoms with E-state index in [0.717, 1.165) is 4.68 Å². The Bertz CT molecular complexity index is 1110. The molecule has 1 heterocycles. The Morgan fingerprint density at radius 2 is 1.81 bits per heavy atom. The third-order valence-electron chi connectivity index (χ3n) is 4.51. The van der Waals surface area contributed by atoms with Gasteiger partial charge in [-0.3, -0.25) is 24.4 Å². The minimum atomic E-state index is -1.29. The minimum absolute atomic E-state index is 0.170. The SMILES string of the molecule is Cc1nn(CC(=O)OC(C(=O)Nc2ccc(F)cc2)c2ccccc2)c(C)c1[N+](=O)[O-]. The van der Waals surface area contributed by atoms with Gasteiger partial charge in [-0.25, -0.2) is 4.39 Å². The maximum absolute atomic E-state index is 13.1. The summed E-state index contributed by atoms with van der Waals surface area (Å²) in [5.74, 6) is -1.89. The number of anilines is 1. The summed E-state index contributed by atoms with van der Waals surface area (Å²) in [5.41, 5.74) is 0.948. The number of aryl methyl sites for hydroxylation is 1. The number of carbonyl (C=O) groups excluding carboxylic acids is 2. The first-order chi connectivity index (χ1) is 14.8. The monoisotopic (exact) mass is 426 g/mol. The molecule has 0 bridgehead atoms. The largest absolute Gasteiger partial charge is 0.446 e. The summed E-state index contributed by atoms with van der Waals surface area (Å²) < 4.78 is 19.7. The maximum Gasteiger partial charge on any atom is 0.328 e. The van der Waals surface area contributed by atoms with Crippen molar-refractivity contribution in [3.05, 3.63) is 87.5 Å². The number of ether oxygens (including phenoxy) is 1. The van der Waals surface area contributed by atoms with Crippen LogP contribution < -0.4 is 5.32 Å². The number of nitro groups is 1. The van der Waals surface area contributed by atoms with Crippen LogP contribution in [-0.4, -0.2) is 26.6 Å². The van der Waals surface area contributed by atoms with Gasteiger partial charge in [0.2, 0.25) is 6.10 Å². The van der Waals surface area contributed by atoms with Crippen LogP contribution in [-0.2, 0) is 20.9 Å². The Labute approximate surface area is 176 Å². The van der Waals surface area contributed by atoms with Crippen molar-refractivity contribution >= 4 is 23.3 Å². The van der Waals surface area contributed by atoms with E-state index < -0.39 is 35.3 Å². The zero-order valence-corrected chi connectivity index (χ0v) is 16.7. The van der Waals surface area contributed by atoms with Crippen LogP contribution in [0.15, 0.2) is 54.6 Å². The molecule has 0 aliphatic carbocycles. The molecule has 10 heteroatoms. The average molecular weight is 426 g/mol. The molecule has 0 saturated heterocycles. The Morgan fingerprint density at radius 1 is 1.16 bits per heavy atom. The molecule has 1 atom stereocenters. The molecular weight excluding hydrogens is 407 g/mol. The van der Waals surface area contributed by atoms with Crippen molar-refractivity contribution in [2.75, 3.05) is 5.32 Å². The number of benzene rings is 2. The molecule has 0 fully saturated rings. The van der Waals surface area contributed by atoms with Crippen LogP contribution in [0.4, 0.5) is 15.8 Å². The summed E-state index contributed by atoms with van der Waals surface area (Å²) in [6, 6.07) is 13.5. The van der Waals surface area contributed by atoms with Crippen molar-refractivity contribution in [2.45, 2.75) is 26.5 Å². The van der Waals surface area contributed by atoms with Crippen LogP contribution in [0, 0.1) is 29.8 Å². The van der Waals surface area contributed by atoms with Crippen molar-refractivity contribution in [3.63, 3.8) is 0 Å². The van der Waals surface area contributed by atoms with Gasteiger partial charge in [-0.1, -0.05) is 30.3 Å². The number of amides is 1. The highest BCUT2D eigenvalue weighted by Gasteiger charge is 2.27. The second-order valence-corrected chi connectivity index (χ2v) is 6.71. The highest BCUT2D eigenvalue weighted by atomic mass is 19.1. The number of hydrogen-bond donors (Lipinski definition) is 1. The number of hydrogen-bond acceptors (Lipinski definition) is 6. The van der Waals surface area contributed by atoms with Gasteiger partial charge in [-0.2, -0.15) is 5.10 Å². The first-order valence-corrected chi connectivity index (χ1v) is 9.25. The van der Waals surface area contributed by atoms with Crippen molar-refractivity contribution in [1.29, 1.82) is 0 Å². The fraction of sp³-hybridized carbons (Fsp3) is 0.190. The summed E-state index contributed by atoms with van der Waals surface area (Å²) in [4.78, 5) is 35.9. The molecule has 3 rings (SSSR count). The number of esters is 1. The molecule has 0 aliphatic rings. The number of rotatable bonds is 7. The predicted octanol–water partition coefficient (Wildman–Crippen LogP) is 3.47. The Balaban J connectivity index is 1.79. The molecule has 0 aliphatic heterocycles. The summed E-state index contributed by atoms with van der Waals surface area (Å²) in [6.07, 6.45) is -1.29. The summed E-state index contributed by atoms with van der Waals surface area (Å²) in [6.45, 7) is 2.53.